The molecule has 0 radical (unpaired) electrons. The van der Waals surface area contributed by atoms with Crippen LogP contribution in [0.5, 0.6) is 0 Å². The molecule has 0 spiro atoms. The summed E-state index contributed by atoms with van der Waals surface area (Å²) >= 11 is 0. The summed E-state index contributed by atoms with van der Waals surface area (Å²) in [5, 5.41) is 14.6. The molecule has 1 aliphatic heterocycles. The van der Waals surface area contributed by atoms with Gasteiger partial charge in [-0.25, -0.2) is 0 Å². The van der Waals surface area contributed by atoms with Crippen molar-refractivity contribution in [2.45, 2.75) is 104 Å². The van der Waals surface area contributed by atoms with Crippen molar-refractivity contribution in [2.24, 2.45) is 16.7 Å². The average molecular weight is 365 g/mol. The van der Waals surface area contributed by atoms with Gasteiger partial charge in [-0.15, -0.1) is 0 Å². The highest BCUT2D eigenvalue weighted by Crippen LogP contribution is 2.63. The van der Waals surface area contributed by atoms with E-state index in [0.29, 0.717) is 30.3 Å². The van der Waals surface area contributed by atoms with Crippen LogP contribution in [0.25, 0.3) is 0 Å². The fourth-order valence-electron chi connectivity index (χ4n) is 6.33. The van der Waals surface area contributed by atoms with E-state index in [1.165, 1.54) is 0 Å². The van der Waals surface area contributed by atoms with Gasteiger partial charge < -0.3 is 15.3 Å². The Bertz CT molecular complexity index is 522. The molecule has 1 amide bonds. The maximum absolute atomic E-state index is 12.7. The molecule has 2 saturated carbocycles. The third kappa shape index (κ3) is 3.82. The first kappa shape index (κ1) is 20.1. The van der Waals surface area contributed by atoms with Gasteiger partial charge in [-0.3, -0.25) is 4.79 Å². The fourth-order valence-corrected chi connectivity index (χ4v) is 6.33. The summed E-state index contributed by atoms with van der Waals surface area (Å²) in [4.78, 5) is 14.8. The molecule has 3 rings (SSSR count). The molecule has 4 unspecified atom stereocenters. The molecule has 2 aliphatic carbocycles. The van der Waals surface area contributed by atoms with Gasteiger partial charge in [0, 0.05) is 31.6 Å². The molecule has 0 aromatic carbocycles. The monoisotopic (exact) mass is 364 g/mol. The summed E-state index contributed by atoms with van der Waals surface area (Å²) < 4.78 is 0. The van der Waals surface area contributed by atoms with Crippen LogP contribution in [-0.4, -0.2) is 46.7 Å². The third-order valence-corrected chi connectivity index (χ3v) is 7.63. The molecule has 1 saturated heterocycles. The summed E-state index contributed by atoms with van der Waals surface area (Å²) in [5.41, 5.74) is -0.212. The van der Waals surface area contributed by atoms with Crippen molar-refractivity contribution in [3.63, 3.8) is 0 Å². The van der Waals surface area contributed by atoms with Crippen LogP contribution >= 0.6 is 0 Å². The van der Waals surface area contributed by atoms with Crippen molar-refractivity contribution < 1.29 is 9.90 Å². The van der Waals surface area contributed by atoms with E-state index in [1.807, 2.05) is 6.92 Å². The van der Waals surface area contributed by atoms with Crippen molar-refractivity contribution in [1.82, 2.24) is 10.2 Å². The zero-order valence-electron chi connectivity index (χ0n) is 17.6. The number of hydrogen-bond donors (Lipinski definition) is 2. The number of carbonyl (C=O) groups excluding carboxylic acids is 1. The molecule has 26 heavy (non-hydrogen) atoms. The van der Waals surface area contributed by atoms with Crippen molar-refractivity contribution in [3.8, 4) is 0 Å². The lowest BCUT2D eigenvalue weighted by atomic mass is 9.57. The number of carbonyl (C=O) groups is 1. The molecule has 2 N–H and O–H groups in total. The lowest BCUT2D eigenvalue weighted by molar-refractivity contribution is -0.132. The van der Waals surface area contributed by atoms with Crippen LogP contribution in [0.2, 0.25) is 0 Å². The summed E-state index contributed by atoms with van der Waals surface area (Å²) in [6, 6.07) is 0.896. The molecule has 1 heterocycles. The smallest absolute Gasteiger partial charge is 0.222 e. The van der Waals surface area contributed by atoms with Gasteiger partial charge in [0.25, 0.3) is 0 Å². The van der Waals surface area contributed by atoms with Gasteiger partial charge in [0.05, 0.1) is 5.60 Å². The second-order valence-electron chi connectivity index (χ2n) is 10.6. The second-order valence-corrected chi connectivity index (χ2v) is 10.6. The first-order valence-electron chi connectivity index (χ1n) is 10.8. The lowest BCUT2D eigenvalue weighted by Gasteiger charge is -2.51. The molecule has 150 valence electrons. The third-order valence-electron chi connectivity index (χ3n) is 7.63. The highest BCUT2D eigenvalue weighted by Gasteiger charge is 2.61. The summed E-state index contributed by atoms with van der Waals surface area (Å²) in [6.45, 7) is 13.1. The number of nitrogens with zero attached hydrogens (tertiary/aromatic N) is 1. The molecule has 3 fully saturated rings. The SMILES string of the molecule is CC(C)NC1CC(C)(C)C2CC(C)(O)CCC12CCC(=O)N1CCCC1. The fraction of sp³-hybridized carbons (Fsp3) is 0.955. The van der Waals surface area contributed by atoms with Gasteiger partial charge in [0.15, 0.2) is 0 Å². The van der Waals surface area contributed by atoms with E-state index in [4.69, 9.17) is 0 Å². The average Bonchev–Trinajstić information content (AvgIpc) is 3.12. The van der Waals surface area contributed by atoms with E-state index in [1.54, 1.807) is 0 Å². The maximum atomic E-state index is 12.7. The van der Waals surface area contributed by atoms with Crippen LogP contribution in [0.15, 0.2) is 0 Å². The Kier molecular flexibility index (Phi) is 5.49. The number of nitrogens with one attached hydrogen (secondary N) is 1. The normalized spacial score (nSPS) is 39.4. The van der Waals surface area contributed by atoms with E-state index in [0.717, 1.165) is 58.0 Å². The van der Waals surface area contributed by atoms with Gasteiger partial charge in [0.1, 0.15) is 0 Å². The first-order chi connectivity index (χ1) is 12.1. The Morgan fingerprint density at radius 3 is 2.42 bits per heavy atom. The number of hydrogen-bond acceptors (Lipinski definition) is 3. The predicted molar refractivity (Wildman–Crippen MR) is 106 cm³/mol. The van der Waals surface area contributed by atoms with E-state index in [-0.39, 0.29) is 10.8 Å². The molecule has 3 aliphatic rings. The topological polar surface area (TPSA) is 52.6 Å². The Morgan fingerprint density at radius 2 is 1.81 bits per heavy atom. The molecule has 0 aromatic rings. The Labute approximate surface area is 160 Å². The van der Waals surface area contributed by atoms with Crippen LogP contribution in [0, 0.1) is 16.7 Å². The molecule has 0 aromatic heterocycles. The molecule has 4 heteroatoms. The minimum absolute atomic E-state index is 0.144. The molecule has 4 atom stereocenters. The zero-order valence-corrected chi connectivity index (χ0v) is 17.6. The molecule has 4 nitrogen and oxygen atoms in total. The Morgan fingerprint density at radius 1 is 1.15 bits per heavy atom. The minimum atomic E-state index is -0.558. The molecular formula is C22H40N2O2. The second kappa shape index (κ2) is 7.09. The van der Waals surface area contributed by atoms with E-state index < -0.39 is 5.60 Å². The highest BCUT2D eigenvalue weighted by atomic mass is 16.3. The Balaban J connectivity index is 1.82. The minimum Gasteiger partial charge on any atom is -0.390 e. The largest absolute Gasteiger partial charge is 0.390 e. The van der Waals surface area contributed by atoms with Gasteiger partial charge in [0.2, 0.25) is 5.91 Å². The number of aliphatic hydroxyl groups is 1. The van der Waals surface area contributed by atoms with Gasteiger partial charge in [-0.2, -0.15) is 0 Å². The van der Waals surface area contributed by atoms with Gasteiger partial charge in [-0.05, 0) is 68.6 Å². The Hall–Kier alpha value is -0.610. The van der Waals surface area contributed by atoms with Crippen molar-refractivity contribution in [2.75, 3.05) is 13.1 Å². The summed E-state index contributed by atoms with van der Waals surface area (Å²) in [5.74, 6) is 0.822. The quantitative estimate of drug-likeness (QED) is 0.782. The summed E-state index contributed by atoms with van der Waals surface area (Å²) in [6.07, 6.45) is 7.86. The van der Waals surface area contributed by atoms with Crippen LogP contribution in [0.3, 0.4) is 0 Å². The molecular weight excluding hydrogens is 324 g/mol. The number of amides is 1. The standard InChI is InChI=1S/C22H40N2O2/c1-16(2)23-18-15-20(3,4)17-14-21(5,26)10-11-22(17,18)9-8-19(25)24-12-6-7-13-24/h16-18,23,26H,6-15H2,1-5H3. The van der Waals surface area contributed by atoms with Crippen LogP contribution in [-0.2, 0) is 4.79 Å². The van der Waals surface area contributed by atoms with Crippen molar-refractivity contribution in [3.05, 3.63) is 0 Å². The molecule has 0 bridgehead atoms. The maximum Gasteiger partial charge on any atom is 0.222 e. The van der Waals surface area contributed by atoms with E-state index >= 15 is 0 Å². The van der Waals surface area contributed by atoms with Crippen LogP contribution in [0.4, 0.5) is 0 Å². The van der Waals surface area contributed by atoms with Crippen molar-refractivity contribution in [1.29, 1.82) is 0 Å². The highest BCUT2D eigenvalue weighted by molar-refractivity contribution is 5.76. The van der Waals surface area contributed by atoms with E-state index in [2.05, 4.69) is 37.9 Å². The van der Waals surface area contributed by atoms with Gasteiger partial charge >= 0.3 is 0 Å². The first-order valence-corrected chi connectivity index (χ1v) is 10.8. The zero-order chi connectivity index (χ0) is 19.2. The van der Waals surface area contributed by atoms with Gasteiger partial charge in [-0.1, -0.05) is 27.7 Å². The van der Waals surface area contributed by atoms with Crippen LogP contribution < -0.4 is 5.32 Å². The number of rotatable bonds is 5. The summed E-state index contributed by atoms with van der Waals surface area (Å²) in [7, 11) is 0. The van der Waals surface area contributed by atoms with Crippen molar-refractivity contribution >= 4 is 5.91 Å². The number of fused-ring (bicyclic) bond motifs is 1. The lowest BCUT2D eigenvalue weighted by Crippen LogP contribution is -2.52. The predicted octanol–water partition coefficient (Wildman–Crippen LogP) is 3.72. The van der Waals surface area contributed by atoms with E-state index in [9.17, 15) is 9.90 Å². The number of likely N-dealkylation sites (tertiary alicyclic amines) is 1. The van der Waals surface area contributed by atoms with Crippen LogP contribution in [0.1, 0.15) is 86.0 Å².